The van der Waals surface area contributed by atoms with Crippen molar-refractivity contribution in [1.82, 2.24) is 5.32 Å². The Morgan fingerprint density at radius 2 is 1.93 bits per heavy atom. The van der Waals surface area contributed by atoms with Gasteiger partial charge in [0.2, 0.25) is 0 Å². The van der Waals surface area contributed by atoms with E-state index in [0.29, 0.717) is 22.0 Å². The van der Waals surface area contributed by atoms with E-state index in [9.17, 15) is 4.79 Å². The van der Waals surface area contributed by atoms with Gasteiger partial charge < -0.3 is 10.2 Å². The number of aryl methyl sites for hydroxylation is 1. The topological polar surface area (TPSA) is 50.7 Å². The number of carbonyl (C=O) groups is 1. The second-order valence-corrected chi connectivity index (χ2v) is 9.43. The number of nitrogens with one attached hydrogen (secondary N) is 1. The van der Waals surface area contributed by atoms with Gasteiger partial charge >= 0.3 is 0 Å². The largest absolute Gasteiger partial charge is 0.387 e. The molecule has 2 aliphatic rings. The fourth-order valence-corrected chi connectivity index (χ4v) is 4.91. The van der Waals surface area contributed by atoms with Crippen molar-refractivity contribution in [3.8, 4) is 0 Å². The zero-order valence-electron chi connectivity index (χ0n) is 15.6. The lowest BCUT2D eigenvalue weighted by Crippen LogP contribution is -2.55. The third kappa shape index (κ3) is 4.02. The number of benzene rings is 2. The molecule has 1 fully saturated rings. The lowest BCUT2D eigenvalue weighted by atomic mass is 9.96. The summed E-state index contributed by atoms with van der Waals surface area (Å²) >= 11 is 14.0. The number of hydrogen-bond acceptors (Lipinski definition) is 4. The van der Waals surface area contributed by atoms with E-state index < -0.39 is 0 Å². The number of halogens is 2. The molecule has 146 valence electrons. The van der Waals surface area contributed by atoms with E-state index in [1.807, 2.05) is 49.0 Å². The minimum absolute atomic E-state index is 0.0251. The normalized spacial score (nSPS) is 20.1. The number of thioether (sulfide) groups is 1. The number of nitrogens with zero attached hydrogens (tertiary/aromatic N) is 1. The second-order valence-electron chi connectivity index (χ2n) is 7.58. The van der Waals surface area contributed by atoms with E-state index in [2.05, 4.69) is 17.4 Å². The second kappa shape index (κ2) is 7.62. The summed E-state index contributed by atoms with van der Waals surface area (Å²) in [7, 11) is 0. The molecule has 2 heterocycles. The Bertz CT molecular complexity index is 953. The van der Waals surface area contributed by atoms with Crippen molar-refractivity contribution in [2.45, 2.75) is 31.9 Å². The zero-order valence-corrected chi connectivity index (χ0v) is 17.9. The lowest BCUT2D eigenvalue weighted by Gasteiger charge is -2.38. The smallest absolute Gasteiger partial charge is 0.252 e. The van der Waals surface area contributed by atoms with Crippen LogP contribution in [0.25, 0.3) is 0 Å². The fourth-order valence-electron chi connectivity index (χ4n) is 3.41. The van der Waals surface area contributed by atoms with Crippen LogP contribution in [-0.4, -0.2) is 28.7 Å². The van der Waals surface area contributed by atoms with Gasteiger partial charge in [0.1, 0.15) is 0 Å². The van der Waals surface area contributed by atoms with Gasteiger partial charge in [-0.1, -0.05) is 34.4 Å². The summed E-state index contributed by atoms with van der Waals surface area (Å²) < 4.78 is 0. The lowest BCUT2D eigenvalue weighted by molar-refractivity contribution is 0.0857. The van der Waals surface area contributed by atoms with E-state index in [-0.39, 0.29) is 17.6 Å². The van der Waals surface area contributed by atoms with Crippen molar-refractivity contribution in [3.05, 3.63) is 68.7 Å². The third-order valence-corrected chi connectivity index (χ3v) is 7.11. The Hall–Kier alpha value is -1.69. The minimum Gasteiger partial charge on any atom is -0.387 e. The van der Waals surface area contributed by atoms with E-state index in [4.69, 9.17) is 28.0 Å². The first-order chi connectivity index (χ1) is 13.3. The van der Waals surface area contributed by atoms with Crippen LogP contribution in [0.2, 0.25) is 10.0 Å². The summed E-state index contributed by atoms with van der Waals surface area (Å²) in [6.07, 6.45) is 0.405. The van der Waals surface area contributed by atoms with Crippen molar-refractivity contribution in [2.24, 2.45) is 5.16 Å². The molecular formula is C21H20Cl2N2O2S. The molecule has 2 aliphatic heterocycles. The van der Waals surface area contributed by atoms with Crippen molar-refractivity contribution in [3.63, 3.8) is 0 Å². The van der Waals surface area contributed by atoms with Crippen molar-refractivity contribution >= 4 is 46.6 Å². The van der Waals surface area contributed by atoms with Gasteiger partial charge in [0.05, 0.1) is 11.3 Å². The average Bonchev–Trinajstić information content (AvgIpc) is 3.09. The Morgan fingerprint density at radius 1 is 1.21 bits per heavy atom. The standard InChI is InChI=1S/C21H20Cl2N2O2S/c1-12-5-13(3-4-17(12)20(26)24-21(2)10-28-11-21)18-9-19(27-25-18)14-6-15(22)8-16(23)7-14/h3-8,19H,9-11H2,1-2H3,(H,24,26). The van der Waals surface area contributed by atoms with E-state index >= 15 is 0 Å². The monoisotopic (exact) mass is 434 g/mol. The van der Waals surface area contributed by atoms with E-state index in [1.54, 1.807) is 6.07 Å². The minimum atomic E-state index is -0.217. The summed E-state index contributed by atoms with van der Waals surface area (Å²) in [5.74, 6) is 1.89. The summed E-state index contributed by atoms with van der Waals surface area (Å²) in [6, 6.07) is 11.2. The van der Waals surface area contributed by atoms with Crippen LogP contribution in [0.15, 0.2) is 41.6 Å². The molecule has 0 saturated carbocycles. The van der Waals surface area contributed by atoms with Crippen LogP contribution in [0, 0.1) is 6.92 Å². The molecule has 0 aliphatic carbocycles. The molecule has 4 rings (SSSR count). The molecule has 1 N–H and O–H groups in total. The Kier molecular flexibility index (Phi) is 5.34. The van der Waals surface area contributed by atoms with Gasteiger partial charge in [0.15, 0.2) is 6.10 Å². The van der Waals surface area contributed by atoms with E-state index in [1.165, 1.54) is 0 Å². The molecule has 0 aromatic heterocycles. The number of oxime groups is 1. The molecule has 1 amide bonds. The Labute approximate surface area is 178 Å². The van der Waals surface area contributed by atoms with Crippen LogP contribution < -0.4 is 5.32 Å². The molecule has 0 spiro atoms. The number of rotatable bonds is 4. The van der Waals surface area contributed by atoms with Gasteiger partial charge in [-0.05, 0) is 60.9 Å². The summed E-state index contributed by atoms with van der Waals surface area (Å²) in [5.41, 5.74) is 4.22. The van der Waals surface area contributed by atoms with Crippen molar-refractivity contribution in [1.29, 1.82) is 0 Å². The molecule has 0 radical (unpaired) electrons. The molecule has 7 heteroatoms. The molecule has 4 nitrogen and oxygen atoms in total. The first-order valence-electron chi connectivity index (χ1n) is 9.03. The average molecular weight is 435 g/mol. The maximum Gasteiger partial charge on any atom is 0.252 e. The highest BCUT2D eigenvalue weighted by Crippen LogP contribution is 2.33. The molecule has 28 heavy (non-hydrogen) atoms. The van der Waals surface area contributed by atoms with Gasteiger partial charge in [-0.15, -0.1) is 0 Å². The highest BCUT2D eigenvalue weighted by atomic mass is 35.5. The molecule has 2 aromatic carbocycles. The molecule has 1 atom stereocenters. The maximum absolute atomic E-state index is 12.6. The molecule has 1 unspecified atom stereocenters. The molecular weight excluding hydrogens is 415 g/mol. The third-order valence-electron chi connectivity index (χ3n) is 4.99. The number of carbonyl (C=O) groups excluding carboxylic acids is 1. The quantitative estimate of drug-likeness (QED) is 0.700. The van der Waals surface area contributed by atoms with Crippen LogP contribution in [0.3, 0.4) is 0 Å². The van der Waals surface area contributed by atoms with Gasteiger partial charge in [-0.3, -0.25) is 4.79 Å². The first-order valence-corrected chi connectivity index (χ1v) is 10.9. The maximum atomic E-state index is 12.6. The van der Waals surface area contributed by atoms with Crippen molar-refractivity contribution < 1.29 is 9.63 Å². The van der Waals surface area contributed by atoms with E-state index in [0.717, 1.165) is 33.9 Å². The van der Waals surface area contributed by atoms with Crippen molar-refractivity contribution in [2.75, 3.05) is 11.5 Å². The van der Waals surface area contributed by atoms with Crippen LogP contribution in [-0.2, 0) is 4.84 Å². The summed E-state index contributed by atoms with van der Waals surface area (Å²) in [6.45, 7) is 4.03. The molecule has 1 saturated heterocycles. The summed E-state index contributed by atoms with van der Waals surface area (Å²) in [4.78, 5) is 18.2. The molecule has 2 aromatic rings. The highest BCUT2D eigenvalue weighted by molar-refractivity contribution is 8.00. The van der Waals surface area contributed by atoms with Gasteiger partial charge in [0, 0.05) is 33.5 Å². The van der Waals surface area contributed by atoms with Crippen LogP contribution in [0.1, 0.15) is 46.5 Å². The number of amides is 1. The predicted molar refractivity (Wildman–Crippen MR) is 116 cm³/mol. The SMILES string of the molecule is Cc1cc(C2=NOC(c3cc(Cl)cc(Cl)c3)C2)ccc1C(=O)NC1(C)CSC1. The van der Waals surface area contributed by atoms with Crippen LogP contribution >= 0.6 is 35.0 Å². The van der Waals surface area contributed by atoms with Crippen LogP contribution in [0.4, 0.5) is 0 Å². The first kappa shape index (κ1) is 19.6. The number of hydrogen-bond donors (Lipinski definition) is 1. The fraction of sp³-hybridized carbons (Fsp3) is 0.333. The zero-order chi connectivity index (χ0) is 19.9. The highest BCUT2D eigenvalue weighted by Gasteiger charge is 2.34. The van der Waals surface area contributed by atoms with Gasteiger partial charge in [-0.25, -0.2) is 0 Å². The van der Waals surface area contributed by atoms with Gasteiger partial charge in [-0.2, -0.15) is 11.8 Å². The molecule has 0 bridgehead atoms. The predicted octanol–water partition coefficient (Wildman–Crippen LogP) is 5.40. The Balaban J connectivity index is 1.48. The van der Waals surface area contributed by atoms with Crippen LogP contribution in [0.5, 0.6) is 0 Å². The van der Waals surface area contributed by atoms with Gasteiger partial charge in [0.25, 0.3) is 5.91 Å². The summed E-state index contributed by atoms with van der Waals surface area (Å²) in [5, 5.41) is 8.53. The Morgan fingerprint density at radius 3 is 2.54 bits per heavy atom.